The molecule has 3 aromatic rings. The Bertz CT molecular complexity index is 1530. The van der Waals surface area contributed by atoms with Crippen molar-refractivity contribution in [2.24, 2.45) is 4.99 Å². The molecule has 1 aromatic heterocycles. The number of aliphatic imine (C=N–C) groups is 1. The van der Waals surface area contributed by atoms with Crippen LogP contribution in [0.1, 0.15) is 11.3 Å². The third kappa shape index (κ3) is 4.29. The van der Waals surface area contributed by atoms with E-state index in [-0.39, 0.29) is 30.3 Å². The molecule has 2 aromatic carbocycles. The Labute approximate surface area is 199 Å². The maximum Gasteiger partial charge on any atom is 0.264 e. The Hall–Kier alpha value is -4.73. The van der Waals surface area contributed by atoms with Crippen LogP contribution in [0.15, 0.2) is 58.3 Å². The first-order valence-corrected chi connectivity index (χ1v) is 10.7. The number of pyridine rings is 1. The fourth-order valence-electron chi connectivity index (χ4n) is 3.80. The number of hydroxylamine groups is 1. The fourth-order valence-corrected chi connectivity index (χ4v) is 3.80. The van der Waals surface area contributed by atoms with Crippen LogP contribution in [0, 0.1) is 6.92 Å². The number of hydrogen-bond donors (Lipinski definition) is 2. The van der Waals surface area contributed by atoms with Crippen LogP contribution in [0.5, 0.6) is 17.2 Å². The summed E-state index contributed by atoms with van der Waals surface area (Å²) in [6, 6.07) is 14.0. The molecule has 10 nitrogen and oxygen atoms in total. The smallest absolute Gasteiger partial charge is 0.264 e. The number of amides is 1. The number of benzene rings is 2. The fraction of sp³-hybridized carbons (Fsp3) is 0.160. The zero-order valence-electron chi connectivity index (χ0n) is 19.1. The molecular weight excluding hydrogens is 452 g/mol. The summed E-state index contributed by atoms with van der Waals surface area (Å²) in [5, 5.41) is 3.39. The van der Waals surface area contributed by atoms with Crippen LogP contribution in [-0.4, -0.2) is 30.2 Å². The summed E-state index contributed by atoms with van der Waals surface area (Å²) in [5.41, 5.74) is 4.16. The normalized spacial score (nSPS) is 15.2. The van der Waals surface area contributed by atoms with Gasteiger partial charge in [-0.1, -0.05) is 6.58 Å². The standard InChI is InChI=1S/C25H22N4O6/c1-14-10-15(2)29(12-21(30)26-17-6-9-19-20(11-17)34-13-33-19)25(31)22(14)24-27-23(28-35-24)16-4-7-18(32-3)8-5-16/h4-11H,1,12-13H2,2-3H3,(H,26,30)(H,27,28). The van der Waals surface area contributed by atoms with Gasteiger partial charge >= 0.3 is 0 Å². The highest BCUT2D eigenvalue weighted by Crippen LogP contribution is 2.34. The zero-order valence-corrected chi connectivity index (χ0v) is 19.1. The van der Waals surface area contributed by atoms with E-state index in [0.29, 0.717) is 39.7 Å². The molecule has 35 heavy (non-hydrogen) atoms. The van der Waals surface area contributed by atoms with Gasteiger partial charge < -0.3 is 28.9 Å². The van der Waals surface area contributed by atoms with E-state index in [2.05, 4.69) is 22.4 Å². The maximum atomic E-state index is 13.4. The van der Waals surface area contributed by atoms with Gasteiger partial charge in [0.1, 0.15) is 17.5 Å². The summed E-state index contributed by atoms with van der Waals surface area (Å²) in [5.74, 6) is 2.01. The summed E-state index contributed by atoms with van der Waals surface area (Å²) < 4.78 is 17.1. The monoisotopic (exact) mass is 474 g/mol. The van der Waals surface area contributed by atoms with Crippen LogP contribution in [0.3, 0.4) is 0 Å². The van der Waals surface area contributed by atoms with Gasteiger partial charge in [0.25, 0.3) is 11.4 Å². The van der Waals surface area contributed by atoms with Crippen LogP contribution >= 0.6 is 0 Å². The van der Waals surface area contributed by atoms with E-state index in [9.17, 15) is 9.59 Å². The van der Waals surface area contributed by atoms with Crippen LogP contribution in [-0.2, 0) is 16.2 Å². The lowest BCUT2D eigenvalue weighted by atomic mass is 10.2. The molecular formula is C25H22N4O6. The van der Waals surface area contributed by atoms with Crippen LogP contribution in [0.2, 0.25) is 0 Å². The lowest BCUT2D eigenvalue weighted by Crippen LogP contribution is -2.47. The molecule has 0 radical (unpaired) electrons. The number of methoxy groups -OCH3 is 1. The molecule has 5 rings (SSSR count). The largest absolute Gasteiger partial charge is 0.497 e. The second-order valence-electron chi connectivity index (χ2n) is 7.89. The highest BCUT2D eigenvalue weighted by molar-refractivity contribution is 6.01. The Kier molecular flexibility index (Phi) is 5.61. The van der Waals surface area contributed by atoms with Crippen LogP contribution in [0.4, 0.5) is 5.69 Å². The minimum Gasteiger partial charge on any atom is -0.497 e. The third-order valence-electron chi connectivity index (χ3n) is 5.58. The number of nitrogens with one attached hydrogen (secondary N) is 2. The van der Waals surface area contributed by atoms with Crippen molar-refractivity contribution in [3.63, 3.8) is 0 Å². The Morgan fingerprint density at radius 3 is 2.71 bits per heavy atom. The van der Waals surface area contributed by atoms with Gasteiger partial charge in [-0.3, -0.25) is 9.59 Å². The number of carbonyl (C=O) groups excluding carboxylic acids is 1. The van der Waals surface area contributed by atoms with Crippen molar-refractivity contribution < 1.29 is 23.8 Å². The van der Waals surface area contributed by atoms with E-state index in [1.807, 2.05) is 12.1 Å². The van der Waals surface area contributed by atoms with E-state index in [0.717, 1.165) is 5.56 Å². The highest BCUT2D eigenvalue weighted by Gasteiger charge is 2.19. The lowest BCUT2D eigenvalue weighted by Gasteiger charge is -2.11. The van der Waals surface area contributed by atoms with Gasteiger partial charge in [0.05, 0.1) is 7.11 Å². The number of ether oxygens (including phenoxy) is 3. The molecule has 0 atom stereocenters. The Morgan fingerprint density at radius 1 is 1.17 bits per heavy atom. The molecule has 1 amide bonds. The van der Waals surface area contributed by atoms with E-state index >= 15 is 0 Å². The molecule has 10 heteroatoms. The lowest BCUT2D eigenvalue weighted by molar-refractivity contribution is -0.116. The average molecular weight is 474 g/mol. The van der Waals surface area contributed by atoms with Gasteiger partial charge in [0.15, 0.2) is 17.3 Å². The number of rotatable bonds is 5. The molecule has 3 heterocycles. The molecule has 0 spiro atoms. The molecule has 0 saturated heterocycles. The minimum absolute atomic E-state index is 0.0794. The molecule has 2 N–H and O–H groups in total. The van der Waals surface area contributed by atoms with Crippen molar-refractivity contribution in [1.29, 1.82) is 0 Å². The van der Waals surface area contributed by atoms with E-state index in [1.165, 1.54) is 4.57 Å². The van der Waals surface area contributed by atoms with Crippen molar-refractivity contribution in [3.05, 3.63) is 80.6 Å². The quantitative estimate of drug-likeness (QED) is 0.567. The summed E-state index contributed by atoms with van der Waals surface area (Å²) >= 11 is 0. The molecule has 2 aliphatic rings. The number of fused-ring (bicyclic) bond motifs is 1. The van der Waals surface area contributed by atoms with Crippen LogP contribution < -0.4 is 41.0 Å². The number of aromatic nitrogens is 1. The Morgan fingerprint density at radius 2 is 1.94 bits per heavy atom. The third-order valence-corrected chi connectivity index (χ3v) is 5.58. The average Bonchev–Trinajstić information content (AvgIpc) is 3.51. The van der Waals surface area contributed by atoms with Crippen molar-refractivity contribution >= 4 is 29.9 Å². The number of nitrogens with zero attached hydrogens (tertiary/aromatic N) is 2. The van der Waals surface area contributed by atoms with Gasteiger partial charge in [0.2, 0.25) is 12.7 Å². The summed E-state index contributed by atoms with van der Waals surface area (Å²) in [6.07, 6.45) is 0. The highest BCUT2D eigenvalue weighted by atomic mass is 16.7. The number of carbonyl (C=O) groups is 1. The second kappa shape index (κ2) is 8.90. The molecule has 0 unspecified atom stereocenters. The van der Waals surface area contributed by atoms with E-state index < -0.39 is 5.56 Å². The van der Waals surface area contributed by atoms with Gasteiger partial charge in [-0.15, -0.1) is 0 Å². The molecule has 178 valence electrons. The molecule has 2 aliphatic heterocycles. The van der Waals surface area contributed by atoms with Gasteiger partial charge in [-0.2, -0.15) is 4.99 Å². The van der Waals surface area contributed by atoms with E-state index in [4.69, 9.17) is 19.0 Å². The minimum atomic E-state index is -0.438. The first kappa shape index (κ1) is 22.1. The predicted octanol–water partition coefficient (Wildman–Crippen LogP) is 0.990. The topological polar surface area (TPSA) is 112 Å². The number of aryl methyl sites for hydroxylation is 1. The van der Waals surface area contributed by atoms with Crippen molar-refractivity contribution in [1.82, 2.24) is 10.0 Å². The molecule has 0 fully saturated rings. The predicted molar refractivity (Wildman–Crippen MR) is 129 cm³/mol. The molecule has 0 bridgehead atoms. The summed E-state index contributed by atoms with van der Waals surface area (Å²) in [6.45, 7) is 5.64. The number of amidine groups is 1. The van der Waals surface area contributed by atoms with E-state index in [1.54, 1.807) is 50.4 Å². The first-order valence-electron chi connectivity index (χ1n) is 10.7. The van der Waals surface area contributed by atoms with Crippen molar-refractivity contribution in [2.45, 2.75) is 13.5 Å². The van der Waals surface area contributed by atoms with Crippen LogP contribution in [0.25, 0.3) is 12.5 Å². The summed E-state index contributed by atoms with van der Waals surface area (Å²) in [4.78, 5) is 36.1. The first-order chi connectivity index (χ1) is 16.9. The van der Waals surface area contributed by atoms with Crippen molar-refractivity contribution in [2.75, 3.05) is 19.2 Å². The number of anilines is 1. The summed E-state index contributed by atoms with van der Waals surface area (Å²) in [7, 11) is 1.59. The SMILES string of the molecule is C=c1cc(C)n(CC(=O)Nc2ccc3c(c2)OCO3)c(=O)c1=C1N=C(c2ccc(OC)cc2)NO1. The van der Waals surface area contributed by atoms with Crippen molar-refractivity contribution in [3.8, 4) is 17.2 Å². The number of hydrogen-bond acceptors (Lipinski definition) is 8. The van der Waals surface area contributed by atoms with Gasteiger partial charge in [-0.25, -0.2) is 5.48 Å². The van der Waals surface area contributed by atoms with Gasteiger partial charge in [0, 0.05) is 23.0 Å². The second-order valence-corrected chi connectivity index (χ2v) is 7.89. The van der Waals surface area contributed by atoms with Gasteiger partial charge in [-0.05, 0) is 54.6 Å². The molecule has 0 aliphatic carbocycles. The maximum absolute atomic E-state index is 13.4. The molecule has 0 saturated carbocycles. The Balaban J connectivity index is 1.44. The zero-order chi connectivity index (χ0) is 24.5.